The van der Waals surface area contributed by atoms with Crippen molar-refractivity contribution in [3.63, 3.8) is 0 Å². The lowest BCUT2D eigenvalue weighted by atomic mass is 9.94. The third-order valence-corrected chi connectivity index (χ3v) is 2.90. The van der Waals surface area contributed by atoms with Crippen molar-refractivity contribution in [2.45, 2.75) is 53.9 Å². The normalized spacial score (nSPS) is 16.9. The van der Waals surface area contributed by atoms with Gasteiger partial charge in [-0.15, -0.1) is 0 Å². The van der Waals surface area contributed by atoms with Crippen LogP contribution < -0.4 is 0 Å². The predicted molar refractivity (Wildman–Crippen MR) is 74.0 cm³/mol. The van der Waals surface area contributed by atoms with Gasteiger partial charge in [-0.05, 0) is 31.8 Å². The Kier molecular flexibility index (Phi) is 17.1. The molecule has 2 nitrogen and oxygen atoms in total. The Labute approximate surface area is 103 Å². The van der Waals surface area contributed by atoms with Gasteiger partial charge in [-0.3, -0.25) is 0 Å². The molecule has 16 heavy (non-hydrogen) atoms. The van der Waals surface area contributed by atoms with Crippen molar-refractivity contribution in [1.29, 1.82) is 0 Å². The molecule has 2 heteroatoms. The molecular formula is C14H33NO. The fourth-order valence-corrected chi connectivity index (χ4v) is 1.84. The molecule has 0 aromatic rings. The number of hydrogen-bond acceptors (Lipinski definition) is 2. The molecule has 0 spiro atoms. The molecule has 0 radical (unpaired) electrons. The Bertz CT molecular complexity index is 109. The second-order valence-corrected chi connectivity index (χ2v) is 3.69. The van der Waals surface area contributed by atoms with Crippen LogP contribution in [0.2, 0.25) is 0 Å². The van der Waals surface area contributed by atoms with Crippen molar-refractivity contribution in [2.75, 3.05) is 33.4 Å². The van der Waals surface area contributed by atoms with Gasteiger partial charge >= 0.3 is 0 Å². The second kappa shape index (κ2) is 14.9. The van der Waals surface area contributed by atoms with E-state index in [9.17, 15) is 0 Å². The first-order valence-electron chi connectivity index (χ1n) is 7.08. The number of hydrogen-bond donors (Lipinski definition) is 0. The molecule has 0 aromatic heterocycles. The van der Waals surface area contributed by atoms with Crippen LogP contribution in [0.3, 0.4) is 0 Å². The number of methoxy groups -OCH3 is 1. The Balaban J connectivity index is 0. The molecule has 1 saturated heterocycles. The number of rotatable bonds is 4. The monoisotopic (exact) mass is 231 g/mol. The lowest BCUT2D eigenvalue weighted by Crippen LogP contribution is -2.35. The number of nitrogens with zero attached hydrogens (tertiary/aromatic N) is 1. The number of piperidine rings is 1. The number of likely N-dealkylation sites (tertiary alicyclic amines) is 1. The van der Waals surface area contributed by atoms with E-state index >= 15 is 0 Å². The van der Waals surface area contributed by atoms with E-state index in [1.54, 1.807) is 7.11 Å². The summed E-state index contributed by atoms with van der Waals surface area (Å²) in [5.74, 6) is 0.990. The molecule has 1 aliphatic rings. The van der Waals surface area contributed by atoms with Crippen LogP contribution in [0.1, 0.15) is 53.9 Å². The molecule has 1 aliphatic heterocycles. The summed E-state index contributed by atoms with van der Waals surface area (Å²) in [5.41, 5.74) is 0. The fourth-order valence-electron chi connectivity index (χ4n) is 1.84. The van der Waals surface area contributed by atoms with Crippen LogP contribution in [0.5, 0.6) is 0 Å². The maximum atomic E-state index is 5.06. The maximum Gasteiger partial charge on any atom is 0.0589 e. The second-order valence-electron chi connectivity index (χ2n) is 3.69. The van der Waals surface area contributed by atoms with Crippen LogP contribution in [0.4, 0.5) is 0 Å². The van der Waals surface area contributed by atoms with Gasteiger partial charge in [0.05, 0.1) is 6.61 Å². The minimum Gasteiger partial charge on any atom is -0.383 e. The van der Waals surface area contributed by atoms with Crippen LogP contribution in [0, 0.1) is 5.92 Å². The van der Waals surface area contributed by atoms with Crippen molar-refractivity contribution < 1.29 is 4.74 Å². The van der Waals surface area contributed by atoms with Crippen LogP contribution in [0.25, 0.3) is 0 Å². The molecule has 0 aliphatic carbocycles. The van der Waals surface area contributed by atoms with E-state index in [-0.39, 0.29) is 0 Å². The molecule has 0 N–H and O–H groups in total. The van der Waals surface area contributed by atoms with Gasteiger partial charge in [-0.1, -0.05) is 41.0 Å². The average Bonchev–Trinajstić information content (AvgIpc) is 2.41. The zero-order valence-electron chi connectivity index (χ0n) is 12.4. The topological polar surface area (TPSA) is 12.5 Å². The van der Waals surface area contributed by atoms with Gasteiger partial charge in [0.2, 0.25) is 0 Å². The van der Waals surface area contributed by atoms with Crippen molar-refractivity contribution in [3.05, 3.63) is 0 Å². The van der Waals surface area contributed by atoms with E-state index in [0.717, 1.165) is 19.1 Å². The highest BCUT2D eigenvalue weighted by molar-refractivity contribution is 4.70. The first kappa shape index (κ1) is 18.3. The largest absolute Gasteiger partial charge is 0.383 e. The molecule has 0 amide bonds. The minimum atomic E-state index is 0.886. The molecule has 1 heterocycles. The van der Waals surface area contributed by atoms with Crippen molar-refractivity contribution in [3.8, 4) is 0 Å². The molecule has 0 aromatic carbocycles. The summed E-state index contributed by atoms with van der Waals surface area (Å²) in [6.07, 6.45) is 4.14. The van der Waals surface area contributed by atoms with E-state index in [1.165, 1.54) is 32.4 Å². The Morgan fingerprint density at radius 3 is 1.94 bits per heavy atom. The van der Waals surface area contributed by atoms with Gasteiger partial charge in [0.1, 0.15) is 0 Å². The Morgan fingerprint density at radius 2 is 1.56 bits per heavy atom. The molecule has 0 atom stereocenters. The third-order valence-electron chi connectivity index (χ3n) is 2.90. The third kappa shape index (κ3) is 9.17. The van der Waals surface area contributed by atoms with E-state index in [4.69, 9.17) is 4.74 Å². The number of ether oxygens (including phenoxy) is 1. The molecule has 1 rings (SSSR count). The van der Waals surface area contributed by atoms with Gasteiger partial charge in [0.25, 0.3) is 0 Å². The predicted octanol–water partition coefficient (Wildman–Crippen LogP) is 3.81. The summed E-state index contributed by atoms with van der Waals surface area (Å²) in [5, 5.41) is 0. The molecular weight excluding hydrogens is 198 g/mol. The van der Waals surface area contributed by atoms with Gasteiger partial charge in [-0.2, -0.15) is 0 Å². The van der Waals surface area contributed by atoms with Gasteiger partial charge in [0.15, 0.2) is 0 Å². The van der Waals surface area contributed by atoms with Crippen LogP contribution in [-0.4, -0.2) is 38.3 Å². The van der Waals surface area contributed by atoms with Crippen molar-refractivity contribution in [2.24, 2.45) is 5.92 Å². The minimum absolute atomic E-state index is 0.886. The Morgan fingerprint density at radius 1 is 1.06 bits per heavy atom. The smallest absolute Gasteiger partial charge is 0.0589 e. The standard InChI is InChI=1S/C10H21NO.2C2H6/c1-3-10-4-6-11(7-5-10)8-9-12-2;2*1-2/h10H,3-9H2,1-2H3;2*1-2H3. The molecule has 0 bridgehead atoms. The Hall–Kier alpha value is -0.0800. The van der Waals surface area contributed by atoms with Crippen molar-refractivity contribution >= 4 is 0 Å². The first-order valence-corrected chi connectivity index (χ1v) is 7.08. The highest BCUT2D eigenvalue weighted by Gasteiger charge is 2.16. The SMILES string of the molecule is CC.CC.CCC1CCN(CCOC)CC1. The summed E-state index contributed by atoms with van der Waals surface area (Å²) in [7, 11) is 1.78. The highest BCUT2D eigenvalue weighted by Crippen LogP contribution is 2.19. The van der Waals surface area contributed by atoms with E-state index < -0.39 is 0 Å². The molecule has 1 fully saturated rings. The fraction of sp³-hybridized carbons (Fsp3) is 1.00. The lowest BCUT2D eigenvalue weighted by Gasteiger charge is -2.31. The van der Waals surface area contributed by atoms with E-state index in [1.807, 2.05) is 27.7 Å². The van der Waals surface area contributed by atoms with E-state index in [2.05, 4.69) is 11.8 Å². The maximum absolute atomic E-state index is 5.06. The van der Waals surface area contributed by atoms with Crippen LogP contribution in [0.15, 0.2) is 0 Å². The average molecular weight is 231 g/mol. The zero-order chi connectivity index (χ0) is 12.8. The first-order chi connectivity index (χ1) is 7.86. The summed E-state index contributed by atoms with van der Waals surface area (Å²) < 4.78 is 5.06. The van der Waals surface area contributed by atoms with Crippen molar-refractivity contribution in [1.82, 2.24) is 4.90 Å². The van der Waals surface area contributed by atoms with E-state index in [0.29, 0.717) is 0 Å². The molecule has 100 valence electrons. The van der Waals surface area contributed by atoms with Gasteiger partial charge in [-0.25, -0.2) is 0 Å². The highest BCUT2D eigenvalue weighted by atomic mass is 16.5. The molecule has 0 saturated carbocycles. The van der Waals surface area contributed by atoms with Crippen LogP contribution in [-0.2, 0) is 4.74 Å². The summed E-state index contributed by atoms with van der Waals surface area (Å²) in [6, 6.07) is 0. The quantitative estimate of drug-likeness (QED) is 0.729. The summed E-state index contributed by atoms with van der Waals surface area (Å²) in [6.45, 7) is 14.9. The molecule has 0 unspecified atom stereocenters. The van der Waals surface area contributed by atoms with Gasteiger partial charge < -0.3 is 9.64 Å². The zero-order valence-corrected chi connectivity index (χ0v) is 12.4. The summed E-state index contributed by atoms with van der Waals surface area (Å²) in [4.78, 5) is 2.51. The summed E-state index contributed by atoms with van der Waals surface area (Å²) >= 11 is 0. The van der Waals surface area contributed by atoms with Gasteiger partial charge in [0, 0.05) is 13.7 Å². The van der Waals surface area contributed by atoms with Crippen LogP contribution >= 0.6 is 0 Å². The lowest BCUT2D eigenvalue weighted by molar-refractivity contribution is 0.119.